The molecular formula is C27H32Cl4N4O2. The van der Waals surface area contributed by atoms with Crippen LogP contribution < -0.4 is 4.90 Å². The van der Waals surface area contributed by atoms with Gasteiger partial charge in [0.05, 0.1) is 16.6 Å². The predicted octanol–water partition coefficient (Wildman–Crippen LogP) is 6.84. The third kappa shape index (κ3) is 6.48. The van der Waals surface area contributed by atoms with Crippen LogP contribution in [-0.4, -0.2) is 71.4 Å². The van der Waals surface area contributed by atoms with Crippen molar-refractivity contribution in [1.29, 1.82) is 0 Å². The molecule has 2 aliphatic heterocycles. The van der Waals surface area contributed by atoms with Gasteiger partial charge in [0, 0.05) is 48.5 Å². The summed E-state index contributed by atoms with van der Waals surface area (Å²) in [6, 6.07) is 10.6. The zero-order valence-electron chi connectivity index (χ0n) is 21.2. The first kappa shape index (κ1) is 28.3. The fourth-order valence-corrected chi connectivity index (χ4v) is 5.71. The summed E-state index contributed by atoms with van der Waals surface area (Å²) in [5.74, 6) is -0.205. The van der Waals surface area contributed by atoms with E-state index in [0.717, 1.165) is 57.7 Å². The van der Waals surface area contributed by atoms with Gasteiger partial charge >= 0.3 is 6.03 Å². The number of rotatable bonds is 9. The van der Waals surface area contributed by atoms with E-state index in [9.17, 15) is 9.59 Å². The second-order valence-electron chi connectivity index (χ2n) is 10.1. The van der Waals surface area contributed by atoms with Crippen molar-refractivity contribution in [2.75, 3.05) is 44.2 Å². The van der Waals surface area contributed by atoms with Crippen molar-refractivity contribution in [2.45, 2.75) is 45.2 Å². The van der Waals surface area contributed by atoms with Gasteiger partial charge in [-0.15, -0.1) is 0 Å². The number of carbonyl (C=O) groups excluding carboxylic acids is 2. The van der Waals surface area contributed by atoms with E-state index in [2.05, 4.69) is 9.80 Å². The molecule has 4 rings (SSSR count). The molecule has 0 radical (unpaired) electrons. The molecule has 200 valence electrons. The maximum absolute atomic E-state index is 13.1. The fourth-order valence-electron chi connectivity index (χ4n) is 4.95. The molecule has 2 aromatic rings. The van der Waals surface area contributed by atoms with Gasteiger partial charge in [-0.3, -0.25) is 14.6 Å². The molecule has 2 fully saturated rings. The first-order chi connectivity index (χ1) is 17.6. The van der Waals surface area contributed by atoms with Gasteiger partial charge < -0.3 is 9.80 Å². The molecule has 0 spiro atoms. The molecule has 2 saturated heterocycles. The summed E-state index contributed by atoms with van der Waals surface area (Å²) < 4.78 is 0. The van der Waals surface area contributed by atoms with Gasteiger partial charge in [0.1, 0.15) is 5.54 Å². The highest BCUT2D eigenvalue weighted by Crippen LogP contribution is 2.32. The Morgan fingerprint density at radius 1 is 0.784 bits per heavy atom. The number of halogens is 4. The van der Waals surface area contributed by atoms with Gasteiger partial charge in [0.15, 0.2) is 0 Å². The Bertz CT molecular complexity index is 1150. The van der Waals surface area contributed by atoms with Gasteiger partial charge in [-0.1, -0.05) is 58.9 Å². The molecule has 10 heteroatoms. The Morgan fingerprint density at radius 3 is 2.16 bits per heavy atom. The van der Waals surface area contributed by atoms with E-state index in [-0.39, 0.29) is 18.5 Å². The lowest BCUT2D eigenvalue weighted by Gasteiger charge is -2.36. The molecule has 0 N–H and O–H groups in total. The van der Waals surface area contributed by atoms with Crippen molar-refractivity contribution in [3.8, 4) is 0 Å². The molecule has 0 aliphatic carbocycles. The van der Waals surface area contributed by atoms with Gasteiger partial charge in [-0.05, 0) is 69.1 Å². The van der Waals surface area contributed by atoms with Crippen LogP contribution in [0.5, 0.6) is 0 Å². The van der Waals surface area contributed by atoms with Crippen LogP contribution >= 0.6 is 46.4 Å². The Balaban J connectivity index is 1.21. The smallest absolute Gasteiger partial charge is 0.327 e. The van der Waals surface area contributed by atoms with Crippen LogP contribution in [0, 0.1) is 0 Å². The summed E-state index contributed by atoms with van der Waals surface area (Å²) in [5.41, 5.74) is 0.926. The molecule has 3 amide bonds. The molecule has 2 aliphatic rings. The molecule has 37 heavy (non-hydrogen) atoms. The Hall–Kier alpha value is -1.70. The first-order valence-electron chi connectivity index (χ1n) is 12.6. The maximum Gasteiger partial charge on any atom is 0.327 e. The van der Waals surface area contributed by atoms with Gasteiger partial charge in [0.2, 0.25) is 0 Å². The summed E-state index contributed by atoms with van der Waals surface area (Å²) >= 11 is 24.5. The quantitative estimate of drug-likeness (QED) is 0.239. The highest BCUT2D eigenvalue weighted by atomic mass is 35.5. The number of anilines is 1. The van der Waals surface area contributed by atoms with E-state index < -0.39 is 5.54 Å². The number of carbonyl (C=O) groups is 2. The minimum Gasteiger partial charge on any atom is -0.369 e. The summed E-state index contributed by atoms with van der Waals surface area (Å²) in [4.78, 5) is 34.0. The second-order valence-corrected chi connectivity index (χ2v) is 11.8. The van der Waals surface area contributed by atoms with Crippen molar-refractivity contribution in [1.82, 2.24) is 14.7 Å². The number of nitrogens with zero attached hydrogens (tertiary/aromatic N) is 4. The highest BCUT2D eigenvalue weighted by Gasteiger charge is 2.50. The average Bonchev–Trinajstić information content (AvgIpc) is 3.02. The lowest BCUT2D eigenvalue weighted by atomic mass is 10.0. The van der Waals surface area contributed by atoms with Crippen molar-refractivity contribution in [3.05, 3.63) is 62.1 Å². The topological polar surface area (TPSA) is 47.1 Å². The van der Waals surface area contributed by atoms with Crippen LogP contribution in [0.1, 0.15) is 38.7 Å². The van der Waals surface area contributed by atoms with Crippen LogP contribution in [0.25, 0.3) is 0 Å². The highest BCUT2D eigenvalue weighted by molar-refractivity contribution is 6.42. The molecule has 6 nitrogen and oxygen atoms in total. The third-order valence-corrected chi connectivity index (χ3v) is 8.57. The first-order valence-corrected chi connectivity index (χ1v) is 14.1. The normalized spacial score (nSPS) is 18.3. The Kier molecular flexibility index (Phi) is 9.18. The second kappa shape index (κ2) is 12.0. The summed E-state index contributed by atoms with van der Waals surface area (Å²) in [7, 11) is 0. The molecule has 0 atom stereocenters. The van der Waals surface area contributed by atoms with E-state index in [0.29, 0.717) is 32.2 Å². The standard InChI is InChI=1S/C27H32Cl4N4O2/c1-27(2)25(36)34(18-19-6-7-20(28)16-23(19)30)26(37)35(27)11-5-3-4-10-32-12-14-33(15-13-32)21-8-9-22(29)24(31)17-21/h6-9,16-17H,3-5,10-15,18H2,1-2H3. The molecule has 2 heterocycles. The number of imide groups is 1. The lowest BCUT2D eigenvalue weighted by molar-refractivity contribution is -0.132. The number of urea groups is 1. The van der Waals surface area contributed by atoms with E-state index in [1.807, 2.05) is 32.0 Å². The van der Waals surface area contributed by atoms with E-state index in [4.69, 9.17) is 46.4 Å². The molecule has 0 bridgehead atoms. The number of unbranched alkanes of at least 4 members (excludes halogenated alkanes) is 2. The van der Waals surface area contributed by atoms with Crippen LogP contribution in [0.2, 0.25) is 20.1 Å². The predicted molar refractivity (Wildman–Crippen MR) is 152 cm³/mol. The van der Waals surface area contributed by atoms with Crippen LogP contribution in [0.3, 0.4) is 0 Å². The number of benzene rings is 2. The van der Waals surface area contributed by atoms with Gasteiger partial charge in [0.25, 0.3) is 5.91 Å². The van der Waals surface area contributed by atoms with Gasteiger partial charge in [-0.25, -0.2) is 4.79 Å². The monoisotopic (exact) mass is 584 g/mol. The summed E-state index contributed by atoms with van der Waals surface area (Å²) in [5, 5.41) is 2.12. The van der Waals surface area contributed by atoms with Crippen LogP contribution in [0.4, 0.5) is 10.5 Å². The number of piperazine rings is 1. The zero-order valence-corrected chi connectivity index (χ0v) is 24.2. The van der Waals surface area contributed by atoms with Crippen molar-refractivity contribution >= 4 is 64.0 Å². The molecular weight excluding hydrogens is 554 g/mol. The van der Waals surface area contributed by atoms with Crippen molar-refractivity contribution < 1.29 is 9.59 Å². The zero-order chi connectivity index (χ0) is 26.7. The van der Waals surface area contributed by atoms with E-state index in [1.165, 1.54) is 4.90 Å². The van der Waals surface area contributed by atoms with Crippen molar-refractivity contribution in [3.63, 3.8) is 0 Å². The largest absolute Gasteiger partial charge is 0.369 e. The summed E-state index contributed by atoms with van der Waals surface area (Å²) in [6.45, 7) is 9.22. The molecule has 0 unspecified atom stereocenters. The fraction of sp³-hybridized carbons (Fsp3) is 0.481. The minimum absolute atomic E-state index is 0.141. The molecule has 0 saturated carbocycles. The van der Waals surface area contributed by atoms with Gasteiger partial charge in [-0.2, -0.15) is 0 Å². The Morgan fingerprint density at radius 2 is 1.49 bits per heavy atom. The maximum atomic E-state index is 13.1. The average molecular weight is 586 g/mol. The summed E-state index contributed by atoms with van der Waals surface area (Å²) in [6.07, 6.45) is 2.89. The number of amides is 3. The van der Waals surface area contributed by atoms with E-state index >= 15 is 0 Å². The van der Waals surface area contributed by atoms with Crippen molar-refractivity contribution in [2.24, 2.45) is 0 Å². The number of hydrogen-bond acceptors (Lipinski definition) is 4. The van der Waals surface area contributed by atoms with E-state index in [1.54, 1.807) is 23.1 Å². The molecule has 2 aromatic carbocycles. The third-order valence-electron chi connectivity index (χ3n) is 7.25. The van der Waals surface area contributed by atoms with Crippen LogP contribution in [0.15, 0.2) is 36.4 Å². The minimum atomic E-state index is -0.878. The SMILES string of the molecule is CC1(C)C(=O)N(Cc2ccc(Cl)cc2Cl)C(=O)N1CCCCCN1CCN(c2ccc(Cl)c(Cl)c2)CC1. The Labute approximate surface area is 239 Å². The number of hydrogen-bond donors (Lipinski definition) is 0. The lowest BCUT2D eigenvalue weighted by Crippen LogP contribution is -2.46. The van der Waals surface area contributed by atoms with Crippen LogP contribution in [-0.2, 0) is 11.3 Å². The molecule has 0 aromatic heterocycles.